The predicted molar refractivity (Wildman–Crippen MR) is 62.7 cm³/mol. The largest absolute Gasteiger partial charge is 0.394 e. The van der Waals surface area contributed by atoms with Gasteiger partial charge in [-0.1, -0.05) is 0 Å². The first-order valence-corrected chi connectivity index (χ1v) is 5.55. The van der Waals surface area contributed by atoms with E-state index in [1.54, 1.807) is 0 Å². The first-order chi connectivity index (χ1) is 9.50. The van der Waals surface area contributed by atoms with E-state index in [9.17, 15) is 15.3 Å². The number of rotatable bonds is 2. The Morgan fingerprint density at radius 1 is 1.37 bits per heavy atom. The van der Waals surface area contributed by atoms with Crippen LogP contribution in [0.15, 0.2) is 12.7 Å². The van der Waals surface area contributed by atoms with Crippen LogP contribution in [-0.4, -0.2) is 59.7 Å². The number of aliphatic hydroxyl groups is 3. The topological polar surface area (TPSA) is 140 Å². The lowest BCUT2D eigenvalue weighted by Gasteiger charge is -2.16. The molecule has 1 saturated heterocycles. The number of anilines is 1. The third-order valence-electron chi connectivity index (χ3n) is 3.08. The van der Waals surface area contributed by atoms with Gasteiger partial charge in [0.25, 0.3) is 0 Å². The standard InChI is InChI=1S/C10H13N5O4/c11-8-5-9(13-2-12-8)15(3-14-5)10-7(18)6(17)4(1-16)19-10/h2-4,6-7,10,16-18H,1H2,(H2,11,12,13)/t4-,6-,7-,10-/m1/s1/i1T/t1?,4-,6-,7-,10-. The zero-order chi connectivity index (χ0) is 14.4. The molecule has 1 fully saturated rings. The SMILES string of the molecule is [3H]C(O)[C@H]1O[C@@H](n2cnc3c(N)ncnc32)[C@H](O)[C@@H]1O. The summed E-state index contributed by atoms with van der Waals surface area (Å²) in [6.07, 6.45) is -2.36. The van der Waals surface area contributed by atoms with Crippen molar-refractivity contribution in [2.75, 3.05) is 12.3 Å². The number of nitrogens with two attached hydrogens (primary N) is 1. The number of aromatic nitrogens is 4. The molecule has 9 heteroatoms. The van der Waals surface area contributed by atoms with Gasteiger partial charge in [0.15, 0.2) is 17.7 Å². The van der Waals surface area contributed by atoms with E-state index in [4.69, 9.17) is 11.8 Å². The molecular weight excluding hydrogens is 254 g/mol. The van der Waals surface area contributed by atoms with Crippen molar-refractivity contribution in [2.45, 2.75) is 24.5 Å². The van der Waals surface area contributed by atoms with E-state index in [1.165, 1.54) is 17.2 Å². The Labute approximate surface area is 108 Å². The predicted octanol–water partition coefficient (Wildman–Crippen LogP) is -1.98. The van der Waals surface area contributed by atoms with Crippen molar-refractivity contribution < 1.29 is 21.4 Å². The number of aliphatic hydroxyl groups excluding tert-OH is 3. The molecule has 2 aromatic heterocycles. The second kappa shape index (κ2) is 4.38. The van der Waals surface area contributed by atoms with Crippen LogP contribution in [-0.2, 0) is 4.74 Å². The molecule has 1 unspecified atom stereocenters. The fraction of sp³-hybridized carbons (Fsp3) is 0.500. The first-order valence-electron chi connectivity index (χ1n) is 6.13. The Hall–Kier alpha value is -1.81. The highest BCUT2D eigenvalue weighted by atomic mass is 16.6. The van der Waals surface area contributed by atoms with Crippen LogP contribution in [0.3, 0.4) is 0 Å². The number of hydrogen-bond acceptors (Lipinski definition) is 8. The quantitative estimate of drug-likeness (QED) is 0.491. The second-order valence-electron chi connectivity index (χ2n) is 4.20. The van der Waals surface area contributed by atoms with Gasteiger partial charge >= 0.3 is 0 Å². The molecular formula is C10H13N5O4. The highest BCUT2D eigenvalue weighted by Gasteiger charge is 2.43. The number of ether oxygens (including phenoxy) is 1. The number of nitrogens with zero attached hydrogens (tertiary/aromatic N) is 4. The molecule has 3 heterocycles. The first kappa shape index (κ1) is 11.1. The van der Waals surface area contributed by atoms with Crippen LogP contribution in [0.4, 0.5) is 5.82 Å². The van der Waals surface area contributed by atoms with Crippen LogP contribution in [0.25, 0.3) is 11.2 Å². The summed E-state index contributed by atoms with van der Waals surface area (Å²) in [5.41, 5.74) is 6.32. The molecule has 102 valence electrons. The molecule has 1 aliphatic heterocycles. The van der Waals surface area contributed by atoms with Crippen molar-refractivity contribution in [1.82, 2.24) is 19.5 Å². The van der Waals surface area contributed by atoms with Gasteiger partial charge in [-0.2, -0.15) is 0 Å². The van der Waals surface area contributed by atoms with Crippen LogP contribution in [0.2, 0.25) is 0 Å². The summed E-state index contributed by atoms with van der Waals surface area (Å²) >= 11 is 0. The summed E-state index contributed by atoms with van der Waals surface area (Å²) < 4.78 is 13.9. The van der Waals surface area contributed by atoms with Gasteiger partial charge < -0.3 is 25.8 Å². The molecule has 0 amide bonds. The fourth-order valence-electron chi connectivity index (χ4n) is 2.09. The fourth-order valence-corrected chi connectivity index (χ4v) is 2.09. The van der Waals surface area contributed by atoms with Gasteiger partial charge in [-0.3, -0.25) is 4.57 Å². The van der Waals surface area contributed by atoms with Gasteiger partial charge in [-0.15, -0.1) is 0 Å². The highest BCUT2D eigenvalue weighted by Crippen LogP contribution is 2.31. The summed E-state index contributed by atoms with van der Waals surface area (Å²) in [6.45, 7) is -1.67. The maximum atomic E-state index is 9.98. The maximum absolute atomic E-state index is 9.98. The Morgan fingerprint density at radius 3 is 2.84 bits per heavy atom. The van der Waals surface area contributed by atoms with Crippen molar-refractivity contribution in [3.8, 4) is 0 Å². The van der Waals surface area contributed by atoms with Crippen molar-refractivity contribution in [3.63, 3.8) is 0 Å². The Bertz CT molecular complexity index is 635. The minimum Gasteiger partial charge on any atom is -0.394 e. The van der Waals surface area contributed by atoms with E-state index in [-0.39, 0.29) is 5.82 Å². The average Bonchev–Trinajstić information content (AvgIpc) is 2.94. The number of imidazole rings is 1. The minimum absolute atomic E-state index is 0.180. The number of fused-ring (bicyclic) bond motifs is 1. The monoisotopic (exact) mass is 269 g/mol. The van der Waals surface area contributed by atoms with Crippen LogP contribution < -0.4 is 5.73 Å². The molecule has 0 saturated carbocycles. The molecule has 9 nitrogen and oxygen atoms in total. The van der Waals surface area contributed by atoms with Crippen LogP contribution >= 0.6 is 0 Å². The van der Waals surface area contributed by atoms with Gasteiger partial charge in [0, 0.05) is 0 Å². The Balaban J connectivity index is 2.02. The lowest BCUT2D eigenvalue weighted by atomic mass is 10.1. The average molecular weight is 269 g/mol. The van der Waals surface area contributed by atoms with Crippen molar-refractivity contribution in [2.24, 2.45) is 0 Å². The maximum Gasteiger partial charge on any atom is 0.167 e. The lowest BCUT2D eigenvalue weighted by Crippen LogP contribution is -2.33. The van der Waals surface area contributed by atoms with E-state index < -0.39 is 31.1 Å². The third kappa shape index (κ3) is 1.75. The van der Waals surface area contributed by atoms with Crippen molar-refractivity contribution in [3.05, 3.63) is 12.7 Å². The van der Waals surface area contributed by atoms with Crippen LogP contribution in [0, 0.1) is 0 Å². The zero-order valence-corrected chi connectivity index (χ0v) is 9.66. The highest BCUT2D eigenvalue weighted by molar-refractivity contribution is 5.81. The molecule has 5 N–H and O–H groups in total. The van der Waals surface area contributed by atoms with E-state index in [2.05, 4.69) is 15.0 Å². The number of hydrogen-bond donors (Lipinski definition) is 4. The minimum atomic E-state index is -1.67. The summed E-state index contributed by atoms with van der Waals surface area (Å²) in [4.78, 5) is 11.8. The van der Waals surface area contributed by atoms with E-state index >= 15 is 0 Å². The van der Waals surface area contributed by atoms with Gasteiger partial charge in [-0.25, -0.2) is 15.0 Å². The van der Waals surface area contributed by atoms with E-state index in [1.807, 2.05) is 0 Å². The van der Waals surface area contributed by atoms with Gasteiger partial charge in [0.1, 0.15) is 30.2 Å². The Morgan fingerprint density at radius 2 is 2.16 bits per heavy atom. The molecule has 3 rings (SSSR count). The van der Waals surface area contributed by atoms with Gasteiger partial charge in [0.2, 0.25) is 0 Å². The van der Waals surface area contributed by atoms with E-state index in [0.29, 0.717) is 11.2 Å². The van der Waals surface area contributed by atoms with Crippen LogP contribution in [0.5, 0.6) is 0 Å². The summed E-state index contributed by atoms with van der Waals surface area (Å²) in [5, 5.41) is 29.0. The normalized spacial score (nSPS) is 33.5. The van der Waals surface area contributed by atoms with Gasteiger partial charge in [-0.05, 0) is 0 Å². The summed E-state index contributed by atoms with van der Waals surface area (Å²) in [6, 6.07) is 0. The molecule has 0 aromatic carbocycles. The molecule has 0 radical (unpaired) electrons. The van der Waals surface area contributed by atoms with E-state index in [0.717, 1.165) is 0 Å². The van der Waals surface area contributed by atoms with Crippen molar-refractivity contribution in [1.29, 1.82) is 0 Å². The Kier molecular flexibility index (Phi) is 2.55. The smallest absolute Gasteiger partial charge is 0.167 e. The lowest BCUT2D eigenvalue weighted by molar-refractivity contribution is -0.0511. The molecule has 0 aliphatic carbocycles. The summed E-state index contributed by atoms with van der Waals surface area (Å²) in [7, 11) is 0. The van der Waals surface area contributed by atoms with Crippen molar-refractivity contribution >= 4 is 17.0 Å². The zero-order valence-electron chi connectivity index (χ0n) is 10.7. The van der Waals surface area contributed by atoms with Gasteiger partial charge in [0.05, 0.1) is 14.3 Å². The molecule has 5 atom stereocenters. The summed E-state index contributed by atoms with van der Waals surface area (Å²) in [5.74, 6) is 0.180. The van der Waals surface area contributed by atoms with Crippen LogP contribution in [0.1, 0.15) is 7.60 Å². The number of nitrogen functional groups attached to an aromatic ring is 1. The third-order valence-corrected chi connectivity index (χ3v) is 3.08. The molecule has 2 aromatic rings. The molecule has 1 aliphatic rings. The molecule has 0 spiro atoms. The molecule has 19 heavy (non-hydrogen) atoms. The molecule has 0 bridgehead atoms. The second-order valence-corrected chi connectivity index (χ2v) is 4.20.